The second-order valence-electron chi connectivity index (χ2n) is 13.1. The number of para-hydroxylation sites is 1. The quantitative estimate of drug-likeness (QED) is 0.174. The second kappa shape index (κ2) is 13.1. The van der Waals surface area contributed by atoms with Gasteiger partial charge >= 0.3 is 0 Å². The Kier molecular flexibility index (Phi) is 7.63. The maximum absolute atomic E-state index is 5.15. The summed E-state index contributed by atoms with van der Waals surface area (Å²) >= 11 is 1.79. The Labute approximate surface area is 310 Å². The molecule has 53 heavy (non-hydrogen) atoms. The van der Waals surface area contributed by atoms with Gasteiger partial charge in [-0.3, -0.25) is 0 Å². The van der Waals surface area contributed by atoms with Gasteiger partial charge in [0.15, 0.2) is 17.5 Å². The van der Waals surface area contributed by atoms with Gasteiger partial charge in [-0.15, -0.1) is 11.3 Å². The van der Waals surface area contributed by atoms with E-state index in [1.807, 2.05) is 12.1 Å². The molecular formula is C48H30N4S. The summed E-state index contributed by atoms with van der Waals surface area (Å²) in [7, 11) is 0. The molecular weight excluding hydrogens is 665 g/mol. The topological polar surface area (TPSA) is 51.6 Å². The molecule has 0 spiro atoms. The SMILES string of the molecule is c1ccc(-c2ccc(-c3nc(-c4ccc(-c5ccccc5)cc4)nc(-c4cccc(-c5c6ccccc6nc6c5sc5ccccc56)c4)n3)cc2)cc1. The maximum Gasteiger partial charge on any atom is 0.164 e. The highest BCUT2D eigenvalue weighted by Gasteiger charge is 2.18. The lowest BCUT2D eigenvalue weighted by molar-refractivity contribution is 1.07. The van der Waals surface area contributed by atoms with E-state index in [1.165, 1.54) is 31.5 Å². The first-order valence-electron chi connectivity index (χ1n) is 17.6. The minimum absolute atomic E-state index is 0.622. The van der Waals surface area contributed by atoms with Crippen LogP contribution in [-0.2, 0) is 0 Å². The highest BCUT2D eigenvalue weighted by atomic mass is 32.1. The van der Waals surface area contributed by atoms with Crippen molar-refractivity contribution in [1.82, 2.24) is 19.9 Å². The Hall–Kier alpha value is -6.82. The van der Waals surface area contributed by atoms with Gasteiger partial charge in [-0.1, -0.05) is 164 Å². The van der Waals surface area contributed by atoms with Crippen molar-refractivity contribution in [3.63, 3.8) is 0 Å². The van der Waals surface area contributed by atoms with Crippen molar-refractivity contribution in [1.29, 1.82) is 0 Å². The average molecular weight is 695 g/mol. The third kappa shape index (κ3) is 5.74. The summed E-state index contributed by atoms with van der Waals surface area (Å²) in [5, 5.41) is 2.30. The lowest BCUT2D eigenvalue weighted by Gasteiger charge is -2.12. The molecule has 10 aromatic rings. The number of nitrogens with zero attached hydrogens (tertiary/aromatic N) is 4. The standard InChI is InChI=1S/C48H30N4S/c1-3-12-31(13-4-1)33-22-26-35(27-23-33)46-50-47(36-28-24-34(25-29-36)32-14-5-2-6-15-32)52-48(51-46)38-17-11-16-37(30-38)43-39-18-7-9-20-41(39)49-44-40-19-8-10-21-42(40)53-45(43)44/h1-30H. The highest BCUT2D eigenvalue weighted by Crippen LogP contribution is 2.43. The third-order valence-electron chi connectivity index (χ3n) is 9.75. The first kappa shape index (κ1) is 31.0. The van der Waals surface area contributed by atoms with Crippen molar-refractivity contribution in [3.05, 3.63) is 182 Å². The van der Waals surface area contributed by atoms with Crippen molar-refractivity contribution in [2.24, 2.45) is 0 Å². The average Bonchev–Trinajstić information content (AvgIpc) is 3.61. The number of rotatable bonds is 6. The van der Waals surface area contributed by atoms with E-state index in [0.29, 0.717) is 17.5 Å². The fourth-order valence-electron chi connectivity index (χ4n) is 7.09. The van der Waals surface area contributed by atoms with Crippen LogP contribution in [0.15, 0.2) is 182 Å². The molecule has 0 bridgehead atoms. The molecule has 0 aliphatic heterocycles. The van der Waals surface area contributed by atoms with Crippen LogP contribution in [0.5, 0.6) is 0 Å². The molecule has 0 amide bonds. The summed E-state index contributed by atoms with van der Waals surface area (Å²) in [6.07, 6.45) is 0. The van der Waals surface area contributed by atoms with Gasteiger partial charge in [-0.05, 0) is 46.0 Å². The van der Waals surface area contributed by atoms with Crippen LogP contribution >= 0.6 is 11.3 Å². The Morgan fingerprint density at radius 3 is 1.40 bits per heavy atom. The highest BCUT2D eigenvalue weighted by molar-refractivity contribution is 7.26. The predicted octanol–water partition coefficient (Wildman–Crippen LogP) is 12.8. The van der Waals surface area contributed by atoms with Gasteiger partial charge in [0.05, 0.1) is 15.7 Å². The molecule has 3 heterocycles. The van der Waals surface area contributed by atoms with Crippen LogP contribution in [0.25, 0.3) is 98.7 Å². The molecule has 0 fully saturated rings. The molecule has 0 saturated carbocycles. The zero-order chi connectivity index (χ0) is 35.1. The first-order valence-corrected chi connectivity index (χ1v) is 18.5. The van der Waals surface area contributed by atoms with Crippen molar-refractivity contribution in [3.8, 4) is 67.5 Å². The van der Waals surface area contributed by atoms with E-state index in [1.54, 1.807) is 11.3 Å². The lowest BCUT2D eigenvalue weighted by atomic mass is 9.98. The van der Waals surface area contributed by atoms with Crippen LogP contribution in [0, 0.1) is 0 Å². The first-order chi connectivity index (χ1) is 26.2. The third-order valence-corrected chi connectivity index (χ3v) is 10.9. The van der Waals surface area contributed by atoms with Crippen molar-refractivity contribution in [2.45, 2.75) is 0 Å². The molecule has 0 saturated heterocycles. The fraction of sp³-hybridized carbons (Fsp3) is 0. The van der Waals surface area contributed by atoms with E-state index in [0.717, 1.165) is 49.8 Å². The van der Waals surface area contributed by atoms with Gasteiger partial charge in [0.2, 0.25) is 0 Å². The minimum atomic E-state index is 0.622. The number of hydrogen-bond donors (Lipinski definition) is 0. The Bertz CT molecular complexity index is 2820. The Balaban J connectivity index is 1.13. The summed E-state index contributed by atoms with van der Waals surface area (Å²) in [4.78, 5) is 20.5. The number of pyridine rings is 1. The molecule has 0 aliphatic rings. The molecule has 248 valence electrons. The van der Waals surface area contributed by atoms with Crippen molar-refractivity contribution < 1.29 is 0 Å². The van der Waals surface area contributed by atoms with Gasteiger partial charge in [-0.2, -0.15) is 0 Å². The molecule has 5 heteroatoms. The molecule has 0 N–H and O–H groups in total. The van der Waals surface area contributed by atoms with Crippen LogP contribution in [0.1, 0.15) is 0 Å². The van der Waals surface area contributed by atoms with Crippen LogP contribution in [0.4, 0.5) is 0 Å². The van der Waals surface area contributed by atoms with Crippen molar-refractivity contribution >= 4 is 42.5 Å². The number of thiophene rings is 1. The molecule has 0 aliphatic carbocycles. The molecule has 0 radical (unpaired) electrons. The summed E-state index contributed by atoms with van der Waals surface area (Å²) in [5.74, 6) is 1.88. The zero-order valence-corrected chi connectivity index (χ0v) is 29.3. The summed E-state index contributed by atoms with van der Waals surface area (Å²) in [5.41, 5.74) is 11.7. The van der Waals surface area contributed by atoms with Crippen LogP contribution in [0.2, 0.25) is 0 Å². The normalized spacial score (nSPS) is 11.4. The van der Waals surface area contributed by atoms with E-state index in [9.17, 15) is 0 Å². The van der Waals surface area contributed by atoms with Crippen LogP contribution in [0.3, 0.4) is 0 Å². The molecule has 10 rings (SSSR count). The number of benzene rings is 7. The summed E-state index contributed by atoms with van der Waals surface area (Å²) in [6, 6.07) is 63.3. The Morgan fingerprint density at radius 1 is 0.321 bits per heavy atom. The van der Waals surface area contributed by atoms with Gasteiger partial charge in [0.1, 0.15) is 0 Å². The Morgan fingerprint density at radius 2 is 0.774 bits per heavy atom. The van der Waals surface area contributed by atoms with Gasteiger partial charge in [0, 0.05) is 37.7 Å². The van der Waals surface area contributed by atoms with Crippen LogP contribution in [-0.4, -0.2) is 19.9 Å². The smallest absolute Gasteiger partial charge is 0.164 e. The molecule has 0 unspecified atom stereocenters. The summed E-state index contributed by atoms with van der Waals surface area (Å²) in [6.45, 7) is 0. The molecule has 7 aromatic carbocycles. The number of aromatic nitrogens is 4. The van der Waals surface area contributed by atoms with Crippen LogP contribution < -0.4 is 0 Å². The predicted molar refractivity (Wildman–Crippen MR) is 221 cm³/mol. The van der Waals surface area contributed by atoms with Gasteiger partial charge < -0.3 is 0 Å². The molecule has 4 nitrogen and oxygen atoms in total. The number of fused-ring (bicyclic) bond motifs is 4. The zero-order valence-electron chi connectivity index (χ0n) is 28.5. The fourth-order valence-corrected chi connectivity index (χ4v) is 8.31. The minimum Gasteiger partial charge on any atom is -0.246 e. The number of hydrogen-bond acceptors (Lipinski definition) is 5. The van der Waals surface area contributed by atoms with Gasteiger partial charge in [0.25, 0.3) is 0 Å². The maximum atomic E-state index is 5.15. The largest absolute Gasteiger partial charge is 0.246 e. The molecule has 3 aromatic heterocycles. The van der Waals surface area contributed by atoms with E-state index in [2.05, 4.69) is 170 Å². The summed E-state index contributed by atoms with van der Waals surface area (Å²) < 4.78 is 2.40. The monoisotopic (exact) mass is 694 g/mol. The lowest BCUT2D eigenvalue weighted by Crippen LogP contribution is -2.00. The van der Waals surface area contributed by atoms with Gasteiger partial charge in [-0.25, -0.2) is 19.9 Å². The molecule has 0 atom stereocenters. The van der Waals surface area contributed by atoms with E-state index in [4.69, 9.17) is 19.9 Å². The van der Waals surface area contributed by atoms with E-state index < -0.39 is 0 Å². The van der Waals surface area contributed by atoms with Crippen molar-refractivity contribution in [2.75, 3.05) is 0 Å². The van der Waals surface area contributed by atoms with E-state index >= 15 is 0 Å². The second-order valence-corrected chi connectivity index (χ2v) is 14.1. The van der Waals surface area contributed by atoms with E-state index in [-0.39, 0.29) is 0 Å².